The first kappa shape index (κ1) is 30.0. The molecule has 2 aliphatic heterocycles. The first-order chi connectivity index (χ1) is 20.1. The topological polar surface area (TPSA) is 153 Å². The maximum absolute atomic E-state index is 13.8. The number of hydrogen-bond acceptors (Lipinski definition) is 13. The number of aromatic nitrogens is 7. The summed E-state index contributed by atoms with van der Waals surface area (Å²) < 4.78 is 22.7. The molecule has 220 valence electrons. The van der Waals surface area contributed by atoms with Gasteiger partial charge >= 0.3 is 0 Å². The van der Waals surface area contributed by atoms with Gasteiger partial charge in [0, 0.05) is 75.6 Å². The summed E-state index contributed by atoms with van der Waals surface area (Å²) in [6, 6.07) is 2.02. The minimum atomic E-state index is -0.839. The van der Waals surface area contributed by atoms with Gasteiger partial charge in [-0.1, -0.05) is 0 Å². The summed E-state index contributed by atoms with van der Waals surface area (Å²) in [6.07, 6.45) is 12.0. The highest BCUT2D eigenvalue weighted by Crippen LogP contribution is 2.39. The molecular weight excluding hydrogens is 551 g/mol. The van der Waals surface area contributed by atoms with Crippen LogP contribution in [0.2, 0.25) is 0 Å². The predicted octanol–water partition coefficient (Wildman–Crippen LogP) is 1.89. The van der Waals surface area contributed by atoms with E-state index in [2.05, 4.69) is 62.8 Å². The molecule has 0 aromatic carbocycles. The lowest BCUT2D eigenvalue weighted by molar-refractivity contribution is -0.105. The van der Waals surface area contributed by atoms with Crippen molar-refractivity contribution >= 4 is 46.7 Å². The molecule has 0 radical (unpaired) electrons. The summed E-state index contributed by atoms with van der Waals surface area (Å²) in [7, 11) is 1.73. The van der Waals surface area contributed by atoms with E-state index in [0.717, 1.165) is 56.6 Å². The highest BCUT2D eigenvalue weighted by atomic mass is 32.1. The normalized spacial score (nSPS) is 18.6. The number of carbonyl (C=O) groups is 1. The number of nitrogens with one attached hydrogen (secondary N) is 3. The van der Waals surface area contributed by atoms with Gasteiger partial charge in [0.25, 0.3) is 0 Å². The summed E-state index contributed by atoms with van der Waals surface area (Å²) in [5.41, 5.74) is 1.14. The molecule has 5 heterocycles. The van der Waals surface area contributed by atoms with Crippen LogP contribution in [-0.4, -0.2) is 112 Å². The van der Waals surface area contributed by atoms with E-state index in [1.807, 2.05) is 11.0 Å². The lowest BCUT2D eigenvalue weighted by Crippen LogP contribution is -2.48. The molecule has 1 atom stereocenters. The Morgan fingerprint density at radius 1 is 1.12 bits per heavy atom. The smallest absolute Gasteiger partial charge is 0.235 e. The number of rotatable bonds is 10. The number of nitrogens with zero attached hydrogens (tertiary/aromatic N) is 9. The van der Waals surface area contributed by atoms with Gasteiger partial charge < -0.3 is 25.2 Å². The van der Waals surface area contributed by atoms with Crippen molar-refractivity contribution in [1.82, 2.24) is 39.4 Å². The average molecular weight is 587 g/mol. The molecule has 2 saturated heterocycles. The zero-order valence-corrected chi connectivity index (χ0v) is 23.8. The molecule has 3 aromatic heterocycles. The third kappa shape index (κ3) is 8.77. The molecule has 3 aromatic rings. The summed E-state index contributed by atoms with van der Waals surface area (Å²) in [4.78, 5) is 33.8. The average Bonchev–Trinajstić information content (AvgIpc) is 3.33. The van der Waals surface area contributed by atoms with E-state index in [4.69, 9.17) is 9.72 Å². The number of aromatic amines is 1. The molecule has 0 bridgehead atoms. The fraction of sp³-hybridized carbons (Fsp3) is 0.560. The second kappa shape index (κ2) is 15.2. The molecule has 3 fully saturated rings. The molecule has 0 unspecified atom stereocenters. The molecule has 1 saturated carbocycles. The Kier molecular flexibility index (Phi) is 11.1. The standard InChI is InChI=1S/C20H30FN9O.C3H3N3OS.C2H2/c1-31-11-10-28-6-8-29(9-7-28)19-23-18(22-17-12-16(26-27-17)14-2-3-14)24-20(25-19)30-5-4-15(21)13-30;7-2-5-3-4-1-6-8-3;1-2/h12,14-15H,2-11,13H2,1H3,(H2,22,23,24,25,26,27);1-2H,(H,4,5,6,7);1-2H/t15-;;/m1../s1. The van der Waals surface area contributed by atoms with Crippen LogP contribution >= 0.6 is 11.5 Å². The Balaban J connectivity index is 0.000000332. The number of H-pyrrole nitrogens is 1. The summed E-state index contributed by atoms with van der Waals surface area (Å²) in [5.74, 6) is 2.87. The van der Waals surface area contributed by atoms with E-state index in [1.165, 1.54) is 19.2 Å². The van der Waals surface area contributed by atoms with Gasteiger partial charge in [-0.3, -0.25) is 14.8 Å². The van der Waals surface area contributed by atoms with Crippen LogP contribution in [0, 0.1) is 12.8 Å². The second-order valence-electron chi connectivity index (χ2n) is 9.53. The largest absolute Gasteiger partial charge is 0.383 e. The van der Waals surface area contributed by atoms with Crippen molar-refractivity contribution in [2.24, 2.45) is 0 Å². The van der Waals surface area contributed by atoms with Crippen LogP contribution in [0.5, 0.6) is 0 Å². The third-order valence-electron chi connectivity index (χ3n) is 6.69. The zero-order chi connectivity index (χ0) is 29.0. The van der Waals surface area contributed by atoms with Crippen molar-refractivity contribution < 1.29 is 13.9 Å². The van der Waals surface area contributed by atoms with Gasteiger partial charge in [0.05, 0.1) is 13.2 Å². The van der Waals surface area contributed by atoms with Crippen molar-refractivity contribution in [1.29, 1.82) is 0 Å². The molecule has 3 aliphatic rings. The Morgan fingerprint density at radius 2 is 1.88 bits per heavy atom. The number of amides is 1. The van der Waals surface area contributed by atoms with Crippen molar-refractivity contribution in [3.05, 3.63) is 18.1 Å². The number of hydrogen-bond donors (Lipinski definition) is 3. The molecule has 16 heteroatoms. The quantitative estimate of drug-likeness (QED) is 0.235. The zero-order valence-electron chi connectivity index (χ0n) is 22.9. The number of ether oxygens (including phenoxy) is 1. The van der Waals surface area contributed by atoms with Crippen LogP contribution in [0.1, 0.15) is 30.9 Å². The summed E-state index contributed by atoms with van der Waals surface area (Å²) in [5, 5.41) is 13.5. The molecule has 1 aliphatic carbocycles. The van der Waals surface area contributed by atoms with Crippen LogP contribution in [0.3, 0.4) is 0 Å². The highest BCUT2D eigenvalue weighted by Gasteiger charge is 2.28. The summed E-state index contributed by atoms with van der Waals surface area (Å²) in [6.45, 7) is 6.09. The van der Waals surface area contributed by atoms with E-state index in [1.54, 1.807) is 7.11 Å². The Labute approximate surface area is 242 Å². The first-order valence-corrected chi connectivity index (χ1v) is 14.1. The van der Waals surface area contributed by atoms with Gasteiger partial charge in [-0.2, -0.15) is 24.4 Å². The Hall–Kier alpha value is -3.94. The van der Waals surface area contributed by atoms with Gasteiger partial charge in [0.2, 0.25) is 29.4 Å². The first-order valence-electron chi connectivity index (χ1n) is 13.3. The van der Waals surface area contributed by atoms with Gasteiger partial charge in [-0.05, 0) is 19.3 Å². The van der Waals surface area contributed by atoms with Gasteiger partial charge in [-0.15, -0.1) is 12.8 Å². The highest BCUT2D eigenvalue weighted by molar-refractivity contribution is 7.09. The lowest BCUT2D eigenvalue weighted by atomic mass is 10.3. The van der Waals surface area contributed by atoms with Gasteiger partial charge in [0.15, 0.2) is 5.82 Å². The van der Waals surface area contributed by atoms with Crippen LogP contribution in [0.4, 0.5) is 33.2 Å². The Bertz CT molecular complexity index is 1230. The van der Waals surface area contributed by atoms with Gasteiger partial charge in [-0.25, -0.2) is 9.37 Å². The molecule has 0 spiro atoms. The number of alkyl halides is 1. The fourth-order valence-corrected chi connectivity index (χ4v) is 4.78. The molecular formula is C25H35FN12O2S. The molecule has 41 heavy (non-hydrogen) atoms. The van der Waals surface area contributed by atoms with Gasteiger partial charge in [0.1, 0.15) is 12.5 Å². The number of carbonyl (C=O) groups excluding carboxylic acids is 1. The maximum Gasteiger partial charge on any atom is 0.235 e. The number of halogens is 1. The molecule has 6 rings (SSSR count). The van der Waals surface area contributed by atoms with Crippen LogP contribution in [-0.2, 0) is 9.53 Å². The molecule has 14 nitrogen and oxygen atoms in total. The number of anilines is 5. The third-order valence-corrected chi connectivity index (χ3v) is 7.29. The molecule has 3 N–H and O–H groups in total. The number of terminal acetylenes is 1. The van der Waals surface area contributed by atoms with Crippen molar-refractivity contribution in [2.75, 3.05) is 80.0 Å². The predicted molar refractivity (Wildman–Crippen MR) is 155 cm³/mol. The van der Waals surface area contributed by atoms with E-state index >= 15 is 0 Å². The van der Waals surface area contributed by atoms with Crippen LogP contribution < -0.4 is 20.4 Å². The Morgan fingerprint density at radius 3 is 2.49 bits per heavy atom. The fourth-order valence-electron chi connectivity index (χ4n) is 4.39. The maximum atomic E-state index is 13.8. The van der Waals surface area contributed by atoms with E-state index < -0.39 is 6.17 Å². The van der Waals surface area contributed by atoms with Crippen LogP contribution in [0.25, 0.3) is 0 Å². The number of methoxy groups -OCH3 is 1. The second-order valence-corrected chi connectivity index (χ2v) is 10.3. The summed E-state index contributed by atoms with van der Waals surface area (Å²) >= 11 is 1.14. The van der Waals surface area contributed by atoms with E-state index in [9.17, 15) is 9.18 Å². The lowest BCUT2D eigenvalue weighted by Gasteiger charge is -2.34. The van der Waals surface area contributed by atoms with Crippen molar-refractivity contribution in [2.45, 2.75) is 31.4 Å². The minimum Gasteiger partial charge on any atom is -0.383 e. The number of piperazine rings is 1. The minimum absolute atomic E-state index is 0.321. The SMILES string of the molecule is C#C.COCCN1CCN(c2nc(Nc3cc(C4CC4)[nH]n3)nc(N3CC[C@@H](F)C3)n2)CC1.O=CNc1ncns1. The van der Waals surface area contributed by atoms with E-state index in [0.29, 0.717) is 60.6 Å². The van der Waals surface area contributed by atoms with Crippen molar-refractivity contribution in [3.63, 3.8) is 0 Å². The monoisotopic (exact) mass is 586 g/mol. The van der Waals surface area contributed by atoms with Crippen LogP contribution in [0.15, 0.2) is 12.4 Å². The molecule has 1 amide bonds. The van der Waals surface area contributed by atoms with Crippen molar-refractivity contribution in [3.8, 4) is 12.8 Å². The van der Waals surface area contributed by atoms with E-state index in [-0.39, 0.29) is 0 Å².